The first-order valence-corrected chi connectivity index (χ1v) is 13.2. The summed E-state index contributed by atoms with van der Waals surface area (Å²) in [5.74, 6) is -2.73. The van der Waals surface area contributed by atoms with E-state index in [4.69, 9.17) is 25.4 Å². The highest BCUT2D eigenvalue weighted by Gasteiger charge is 2.35. The number of ether oxygens (including phenoxy) is 3. The molecular formula is C27H26FN5O6S. The SMILES string of the molecule is COc1cc(C(Nc2ccc(C(=N)N)cc2)C2=NCCC(c3ccsc3C(=O)O)C(=O)N2)c(F)c2c1OCCO2. The van der Waals surface area contributed by atoms with Gasteiger partial charge in [0, 0.05) is 23.4 Å². The second-order valence-electron chi connectivity index (χ2n) is 9.01. The van der Waals surface area contributed by atoms with Crippen LogP contribution >= 0.6 is 11.3 Å². The van der Waals surface area contributed by atoms with E-state index in [0.29, 0.717) is 16.8 Å². The number of nitrogens with zero attached hydrogens (tertiary/aromatic N) is 1. The third-order valence-electron chi connectivity index (χ3n) is 6.59. The Labute approximate surface area is 232 Å². The Morgan fingerprint density at radius 2 is 2.00 bits per heavy atom. The van der Waals surface area contributed by atoms with Crippen molar-refractivity contribution < 1.29 is 33.3 Å². The number of carbonyl (C=O) groups is 2. The molecule has 2 aliphatic heterocycles. The first-order valence-electron chi connectivity index (χ1n) is 12.3. The van der Waals surface area contributed by atoms with Crippen LogP contribution in [0.25, 0.3) is 0 Å². The average Bonchev–Trinajstić information content (AvgIpc) is 3.36. The molecule has 2 aromatic carbocycles. The smallest absolute Gasteiger partial charge is 0.346 e. The van der Waals surface area contributed by atoms with E-state index in [1.165, 1.54) is 13.2 Å². The molecule has 2 atom stereocenters. The highest BCUT2D eigenvalue weighted by molar-refractivity contribution is 7.12. The molecule has 2 unspecified atom stereocenters. The van der Waals surface area contributed by atoms with Crippen molar-refractivity contribution in [3.05, 3.63) is 69.2 Å². The minimum atomic E-state index is -1.11. The van der Waals surface area contributed by atoms with E-state index in [1.807, 2.05) is 0 Å². The predicted molar refractivity (Wildman–Crippen MR) is 147 cm³/mol. The molecule has 0 spiro atoms. The van der Waals surface area contributed by atoms with Gasteiger partial charge in [-0.2, -0.15) is 0 Å². The van der Waals surface area contributed by atoms with Crippen LogP contribution in [0.3, 0.4) is 0 Å². The monoisotopic (exact) mass is 567 g/mol. The Bertz CT molecular complexity index is 1510. The number of rotatable bonds is 8. The Morgan fingerprint density at radius 1 is 1.27 bits per heavy atom. The first kappa shape index (κ1) is 26.9. The maximum absolute atomic E-state index is 16.0. The Balaban J connectivity index is 1.55. The molecule has 0 saturated heterocycles. The number of carboxylic acid groups (broad SMARTS) is 1. The van der Waals surface area contributed by atoms with Gasteiger partial charge in [-0.15, -0.1) is 11.3 Å². The second-order valence-corrected chi connectivity index (χ2v) is 9.93. The number of nitrogen functional groups attached to an aromatic ring is 1. The number of hydrogen-bond donors (Lipinski definition) is 5. The maximum Gasteiger partial charge on any atom is 0.346 e. The highest BCUT2D eigenvalue weighted by atomic mass is 32.1. The number of carboxylic acids is 1. The number of thiophene rings is 1. The maximum atomic E-state index is 16.0. The molecule has 0 radical (unpaired) electrons. The third-order valence-corrected chi connectivity index (χ3v) is 7.51. The summed E-state index contributed by atoms with van der Waals surface area (Å²) in [6.07, 6.45) is 0.263. The lowest BCUT2D eigenvalue weighted by Gasteiger charge is -2.27. The Kier molecular flexibility index (Phi) is 7.56. The number of fused-ring (bicyclic) bond motifs is 1. The predicted octanol–water partition coefficient (Wildman–Crippen LogP) is 3.50. The van der Waals surface area contributed by atoms with Crippen LogP contribution in [0.1, 0.15) is 44.7 Å². The molecule has 0 bridgehead atoms. The number of anilines is 1. The van der Waals surface area contributed by atoms with E-state index < -0.39 is 29.7 Å². The van der Waals surface area contributed by atoms with Gasteiger partial charge in [-0.05, 0) is 53.8 Å². The molecule has 3 aromatic rings. The molecule has 0 aliphatic carbocycles. The van der Waals surface area contributed by atoms with Gasteiger partial charge in [-0.25, -0.2) is 9.18 Å². The zero-order chi connectivity index (χ0) is 28.4. The Morgan fingerprint density at radius 3 is 2.67 bits per heavy atom. The third kappa shape index (κ3) is 5.15. The van der Waals surface area contributed by atoms with Crippen LogP contribution < -0.4 is 30.6 Å². The van der Waals surface area contributed by atoms with Gasteiger partial charge < -0.3 is 35.7 Å². The first-order chi connectivity index (χ1) is 19.3. The van der Waals surface area contributed by atoms with Crippen LogP contribution in [0.2, 0.25) is 0 Å². The van der Waals surface area contributed by atoms with Crippen molar-refractivity contribution in [3.63, 3.8) is 0 Å². The van der Waals surface area contributed by atoms with E-state index in [2.05, 4.69) is 15.6 Å². The number of hydrogen-bond acceptors (Lipinski definition) is 9. The van der Waals surface area contributed by atoms with E-state index in [1.54, 1.807) is 35.7 Å². The number of aliphatic imine (C=N–C) groups is 1. The van der Waals surface area contributed by atoms with Gasteiger partial charge in [0.1, 0.15) is 35.8 Å². The molecule has 1 aromatic heterocycles. The van der Waals surface area contributed by atoms with Crippen molar-refractivity contribution in [1.82, 2.24) is 5.32 Å². The molecule has 1 amide bonds. The number of nitrogens with one attached hydrogen (secondary N) is 3. The van der Waals surface area contributed by atoms with Crippen molar-refractivity contribution in [2.45, 2.75) is 18.4 Å². The fourth-order valence-electron chi connectivity index (χ4n) is 4.66. The Hall–Kier alpha value is -4.65. The number of methoxy groups -OCH3 is 1. The fraction of sp³-hybridized carbons (Fsp3) is 0.259. The lowest BCUT2D eigenvalue weighted by Crippen LogP contribution is -2.39. The lowest BCUT2D eigenvalue weighted by atomic mass is 9.95. The van der Waals surface area contributed by atoms with Crippen LogP contribution in [0.15, 0.2) is 46.8 Å². The number of nitrogens with two attached hydrogens (primary N) is 1. The minimum absolute atomic E-state index is 0.0796. The quantitative estimate of drug-likeness (QED) is 0.204. The van der Waals surface area contributed by atoms with Gasteiger partial charge in [-0.1, -0.05) is 0 Å². The number of aromatic carboxylic acids is 1. The summed E-state index contributed by atoms with van der Waals surface area (Å²) >= 11 is 1.05. The summed E-state index contributed by atoms with van der Waals surface area (Å²) in [6, 6.07) is 8.68. The van der Waals surface area contributed by atoms with Gasteiger partial charge in [0.2, 0.25) is 17.4 Å². The standard InChI is InChI=1S/C27H26FN5O6S/c1-37-18-12-17(19(28)22-21(18)38-9-10-39-22)20(32-14-4-2-13(3-5-14)24(29)30)25-31-8-6-16(26(34)33-25)15-7-11-40-23(15)27(35)36/h2-5,7,11-12,16,20,32H,6,8-10H2,1H3,(H3,29,30)(H,35,36)(H,31,33,34). The molecule has 5 rings (SSSR count). The number of amidine groups is 2. The minimum Gasteiger partial charge on any atom is -0.493 e. The van der Waals surface area contributed by atoms with Crippen molar-refractivity contribution in [2.75, 3.05) is 32.2 Å². The van der Waals surface area contributed by atoms with E-state index in [0.717, 1.165) is 11.3 Å². The fourth-order valence-corrected chi connectivity index (χ4v) is 5.46. The van der Waals surface area contributed by atoms with Crippen molar-refractivity contribution in [2.24, 2.45) is 10.7 Å². The van der Waals surface area contributed by atoms with Crippen molar-refractivity contribution in [3.8, 4) is 17.2 Å². The highest BCUT2D eigenvalue weighted by Crippen LogP contribution is 2.45. The van der Waals surface area contributed by atoms with Crippen LogP contribution in [0, 0.1) is 11.2 Å². The van der Waals surface area contributed by atoms with Crippen LogP contribution in [0.4, 0.5) is 10.1 Å². The van der Waals surface area contributed by atoms with Gasteiger partial charge >= 0.3 is 5.97 Å². The molecule has 0 saturated carbocycles. The van der Waals surface area contributed by atoms with Gasteiger partial charge in [0.25, 0.3) is 0 Å². The van der Waals surface area contributed by atoms with Gasteiger partial charge in [-0.3, -0.25) is 15.2 Å². The van der Waals surface area contributed by atoms with Gasteiger partial charge in [0.15, 0.2) is 11.6 Å². The summed E-state index contributed by atoms with van der Waals surface area (Å²) < 4.78 is 32.7. The molecule has 3 heterocycles. The van der Waals surface area contributed by atoms with Crippen molar-refractivity contribution >= 4 is 40.6 Å². The number of amides is 1. The molecule has 6 N–H and O–H groups in total. The number of halogens is 1. The lowest BCUT2D eigenvalue weighted by molar-refractivity contribution is -0.121. The molecule has 0 fully saturated rings. The molecular weight excluding hydrogens is 541 g/mol. The number of carbonyl (C=O) groups excluding carboxylic acids is 1. The van der Waals surface area contributed by atoms with E-state index >= 15 is 4.39 Å². The molecule has 208 valence electrons. The number of benzene rings is 2. The zero-order valence-corrected chi connectivity index (χ0v) is 22.1. The van der Waals surface area contributed by atoms with Gasteiger partial charge in [0.05, 0.1) is 13.0 Å². The van der Waals surface area contributed by atoms with E-state index in [9.17, 15) is 14.7 Å². The largest absolute Gasteiger partial charge is 0.493 e. The summed E-state index contributed by atoms with van der Waals surface area (Å²) in [5.41, 5.74) is 7.10. The van der Waals surface area contributed by atoms with Crippen LogP contribution in [0.5, 0.6) is 17.2 Å². The summed E-state index contributed by atoms with van der Waals surface area (Å²) in [7, 11) is 1.43. The molecule has 13 heteroatoms. The summed E-state index contributed by atoms with van der Waals surface area (Å²) in [6.45, 7) is 0.558. The normalized spacial score (nSPS) is 17.2. The summed E-state index contributed by atoms with van der Waals surface area (Å²) in [5, 5.41) is 24.9. The average molecular weight is 568 g/mol. The molecule has 40 heavy (non-hydrogen) atoms. The summed E-state index contributed by atoms with van der Waals surface area (Å²) in [4.78, 5) is 29.8. The molecule has 11 nitrogen and oxygen atoms in total. The van der Waals surface area contributed by atoms with E-state index in [-0.39, 0.29) is 65.5 Å². The topological polar surface area (TPSA) is 168 Å². The van der Waals surface area contributed by atoms with Crippen molar-refractivity contribution in [1.29, 1.82) is 5.41 Å². The zero-order valence-electron chi connectivity index (χ0n) is 21.3. The van der Waals surface area contributed by atoms with Crippen LogP contribution in [-0.2, 0) is 4.79 Å². The second kappa shape index (κ2) is 11.2. The van der Waals surface area contributed by atoms with Crippen LogP contribution in [-0.4, -0.2) is 55.5 Å². The molecule has 2 aliphatic rings.